The Morgan fingerprint density at radius 1 is 0.969 bits per heavy atom. The van der Waals surface area contributed by atoms with Crippen LogP contribution in [0, 0.1) is 6.92 Å². The monoisotopic (exact) mass is 420 g/mol. The lowest BCUT2D eigenvalue weighted by Gasteiger charge is -2.41. The van der Waals surface area contributed by atoms with Gasteiger partial charge >= 0.3 is 0 Å². The second kappa shape index (κ2) is 6.97. The van der Waals surface area contributed by atoms with Gasteiger partial charge in [-0.15, -0.1) is 0 Å². The van der Waals surface area contributed by atoms with E-state index in [1.54, 1.807) is 0 Å². The molecule has 1 saturated carbocycles. The van der Waals surface area contributed by atoms with Crippen molar-refractivity contribution in [1.29, 1.82) is 0 Å². The zero-order valence-corrected chi connectivity index (χ0v) is 18.2. The predicted octanol–water partition coefficient (Wildman–Crippen LogP) is 5.55. The molecule has 0 amide bonds. The van der Waals surface area contributed by atoms with Gasteiger partial charge in [-0.3, -0.25) is 0 Å². The summed E-state index contributed by atoms with van der Waals surface area (Å²) in [6.45, 7) is 3.88. The largest absolute Gasteiger partial charge is 0.390 e. The molecule has 0 aliphatic heterocycles. The normalized spacial score (nSPS) is 20.5. The molecule has 5 nitrogen and oxygen atoms in total. The highest BCUT2D eigenvalue weighted by molar-refractivity contribution is 5.90. The van der Waals surface area contributed by atoms with Crippen LogP contribution in [0.25, 0.3) is 39.1 Å². The van der Waals surface area contributed by atoms with Crippen LogP contribution in [0.1, 0.15) is 36.9 Å². The van der Waals surface area contributed by atoms with Gasteiger partial charge in [0.1, 0.15) is 0 Å². The molecule has 0 bridgehead atoms. The smallest absolute Gasteiger partial charge is 0.165 e. The van der Waals surface area contributed by atoms with Crippen molar-refractivity contribution in [2.75, 3.05) is 0 Å². The van der Waals surface area contributed by atoms with E-state index < -0.39 is 5.60 Å². The van der Waals surface area contributed by atoms with E-state index >= 15 is 0 Å². The zero-order valence-electron chi connectivity index (χ0n) is 18.2. The Hall–Kier alpha value is -3.57. The summed E-state index contributed by atoms with van der Waals surface area (Å²) >= 11 is 0. The maximum atomic E-state index is 10.1. The maximum Gasteiger partial charge on any atom is 0.165 e. The Bertz CT molecular complexity index is 1440. The van der Waals surface area contributed by atoms with Crippen molar-refractivity contribution < 1.29 is 5.11 Å². The van der Waals surface area contributed by atoms with Crippen LogP contribution >= 0.6 is 0 Å². The topological polar surface area (TPSA) is 63.3 Å². The summed E-state index contributed by atoms with van der Waals surface area (Å²) < 4.78 is 1.83. The zero-order chi connectivity index (χ0) is 21.9. The Balaban J connectivity index is 1.52. The van der Waals surface area contributed by atoms with E-state index in [-0.39, 0.29) is 0 Å². The number of aryl methyl sites for hydroxylation is 1. The van der Waals surface area contributed by atoms with Crippen LogP contribution in [0.5, 0.6) is 0 Å². The minimum Gasteiger partial charge on any atom is -0.390 e. The molecular weight excluding hydrogens is 396 g/mol. The van der Waals surface area contributed by atoms with Crippen LogP contribution in [0.2, 0.25) is 0 Å². The Morgan fingerprint density at radius 2 is 1.72 bits per heavy atom. The molecule has 1 fully saturated rings. The maximum absolute atomic E-state index is 10.1. The van der Waals surface area contributed by atoms with Crippen molar-refractivity contribution in [2.45, 2.75) is 38.2 Å². The second-order valence-corrected chi connectivity index (χ2v) is 9.20. The first-order valence-electron chi connectivity index (χ1n) is 11.0. The average molecular weight is 421 g/mol. The Morgan fingerprint density at radius 3 is 2.44 bits per heavy atom. The lowest BCUT2D eigenvalue weighted by Crippen LogP contribution is -2.39. The Labute approximate surface area is 186 Å². The minimum atomic E-state index is -0.523. The number of benzene rings is 2. The molecule has 0 spiro atoms. The van der Waals surface area contributed by atoms with Gasteiger partial charge in [0, 0.05) is 28.8 Å². The molecular formula is C27H24N4O. The summed E-state index contributed by atoms with van der Waals surface area (Å²) in [5, 5.41) is 15.7. The second-order valence-electron chi connectivity index (χ2n) is 9.20. The molecule has 158 valence electrons. The van der Waals surface area contributed by atoms with Crippen molar-refractivity contribution in [1.82, 2.24) is 19.6 Å². The van der Waals surface area contributed by atoms with Gasteiger partial charge in [-0.1, -0.05) is 54.6 Å². The molecule has 3 aromatic heterocycles. The van der Waals surface area contributed by atoms with Crippen LogP contribution < -0.4 is 0 Å². The standard InChI is InChI=1S/C27H24N4O/c1-17-12-24-28-16-21-13-23(19-6-4-3-5-7-19)25(29-26(21)31(24)30-17)20-10-8-18(9-11-20)22-14-27(2,32)15-22/h3-13,16,22,32H,14-15H2,1-2H3. The molecule has 2 aromatic carbocycles. The molecule has 0 atom stereocenters. The van der Waals surface area contributed by atoms with Crippen LogP contribution in [-0.2, 0) is 0 Å². The van der Waals surface area contributed by atoms with E-state index in [1.807, 2.05) is 48.8 Å². The summed E-state index contributed by atoms with van der Waals surface area (Å²) in [5.41, 5.74) is 7.45. The van der Waals surface area contributed by atoms with Gasteiger partial charge in [0.2, 0.25) is 0 Å². The first-order chi connectivity index (χ1) is 15.5. The molecule has 1 N–H and O–H groups in total. The van der Waals surface area contributed by atoms with Gasteiger partial charge in [-0.25, -0.2) is 9.97 Å². The van der Waals surface area contributed by atoms with Crippen LogP contribution in [0.4, 0.5) is 0 Å². The predicted molar refractivity (Wildman–Crippen MR) is 126 cm³/mol. The first kappa shape index (κ1) is 19.1. The van der Waals surface area contributed by atoms with Gasteiger partial charge in [0.05, 0.1) is 17.0 Å². The number of nitrogens with zero attached hydrogens (tertiary/aromatic N) is 4. The van der Waals surface area contributed by atoms with Crippen molar-refractivity contribution in [3.8, 4) is 22.4 Å². The van der Waals surface area contributed by atoms with E-state index in [9.17, 15) is 5.11 Å². The lowest BCUT2D eigenvalue weighted by atomic mass is 9.69. The number of fused-ring (bicyclic) bond motifs is 3. The number of hydrogen-bond acceptors (Lipinski definition) is 4. The van der Waals surface area contributed by atoms with Gasteiger partial charge in [-0.2, -0.15) is 9.61 Å². The van der Waals surface area contributed by atoms with Crippen molar-refractivity contribution in [2.24, 2.45) is 0 Å². The number of aromatic nitrogens is 4. The molecule has 1 aliphatic carbocycles. The lowest BCUT2D eigenvalue weighted by molar-refractivity contribution is -0.0313. The quantitative estimate of drug-likeness (QED) is 0.416. The molecule has 5 aromatic rings. The third-order valence-corrected chi connectivity index (χ3v) is 6.49. The molecule has 0 unspecified atom stereocenters. The molecule has 5 heteroatoms. The first-order valence-corrected chi connectivity index (χ1v) is 11.0. The highest BCUT2D eigenvalue weighted by atomic mass is 16.3. The van der Waals surface area contributed by atoms with Crippen LogP contribution in [0.15, 0.2) is 72.9 Å². The van der Waals surface area contributed by atoms with Crippen molar-refractivity contribution in [3.63, 3.8) is 0 Å². The van der Waals surface area contributed by atoms with Crippen LogP contribution in [-0.4, -0.2) is 30.3 Å². The van der Waals surface area contributed by atoms with E-state index in [0.717, 1.165) is 57.6 Å². The van der Waals surface area contributed by atoms with Crippen LogP contribution in [0.3, 0.4) is 0 Å². The van der Waals surface area contributed by atoms with E-state index in [4.69, 9.17) is 4.98 Å². The fourth-order valence-corrected chi connectivity index (χ4v) is 4.86. The fraction of sp³-hybridized carbons (Fsp3) is 0.222. The van der Waals surface area contributed by atoms with Gasteiger partial charge in [-0.05, 0) is 49.8 Å². The molecule has 1 aliphatic rings. The van der Waals surface area contributed by atoms with E-state index in [2.05, 4.69) is 52.5 Å². The summed E-state index contributed by atoms with van der Waals surface area (Å²) in [6.07, 6.45) is 3.51. The van der Waals surface area contributed by atoms with E-state index in [1.165, 1.54) is 5.56 Å². The van der Waals surface area contributed by atoms with Crippen molar-refractivity contribution >= 4 is 16.7 Å². The minimum absolute atomic E-state index is 0.426. The highest BCUT2D eigenvalue weighted by Gasteiger charge is 2.38. The summed E-state index contributed by atoms with van der Waals surface area (Å²) in [6, 6.07) is 23.1. The number of pyridine rings is 1. The summed E-state index contributed by atoms with van der Waals surface area (Å²) in [7, 11) is 0. The SMILES string of the molecule is Cc1cc2ncc3cc(-c4ccccc4)c(-c4ccc(C5CC(C)(O)C5)cc4)nc3n2n1. The summed E-state index contributed by atoms with van der Waals surface area (Å²) in [4.78, 5) is 9.68. The van der Waals surface area contributed by atoms with Gasteiger partial charge in [0.25, 0.3) is 0 Å². The highest BCUT2D eigenvalue weighted by Crippen LogP contribution is 2.44. The third kappa shape index (κ3) is 3.17. The summed E-state index contributed by atoms with van der Waals surface area (Å²) in [5.74, 6) is 0.426. The fourth-order valence-electron chi connectivity index (χ4n) is 4.86. The average Bonchev–Trinajstić information content (AvgIpc) is 3.18. The number of rotatable bonds is 3. The molecule has 3 heterocycles. The molecule has 0 saturated heterocycles. The Kier molecular flexibility index (Phi) is 4.17. The molecule has 32 heavy (non-hydrogen) atoms. The molecule has 6 rings (SSSR count). The number of hydrogen-bond donors (Lipinski definition) is 1. The van der Waals surface area contributed by atoms with Gasteiger partial charge in [0.15, 0.2) is 11.3 Å². The molecule has 0 radical (unpaired) electrons. The third-order valence-electron chi connectivity index (χ3n) is 6.49. The number of aliphatic hydroxyl groups is 1. The van der Waals surface area contributed by atoms with Gasteiger partial charge < -0.3 is 5.11 Å². The van der Waals surface area contributed by atoms with E-state index in [0.29, 0.717) is 5.92 Å². The van der Waals surface area contributed by atoms with Crippen molar-refractivity contribution in [3.05, 3.63) is 84.2 Å².